The lowest BCUT2D eigenvalue weighted by atomic mass is 10.2. The van der Waals surface area contributed by atoms with Crippen LogP contribution in [0.1, 0.15) is 19.8 Å². The maximum atomic E-state index is 4.81. The van der Waals surface area contributed by atoms with Crippen LogP contribution in [0, 0.1) is 0 Å². The zero-order valence-corrected chi connectivity index (χ0v) is 13.3. The normalized spacial score (nSPS) is 27.7. The predicted octanol–water partition coefficient (Wildman–Crippen LogP) is 2.00. The molecule has 0 aromatic heterocycles. The third kappa shape index (κ3) is 3.79. The second-order valence-electron chi connectivity index (χ2n) is 4.99. The third-order valence-corrected chi connectivity index (χ3v) is 5.99. The van der Waals surface area contributed by atoms with Gasteiger partial charge < -0.3 is 9.80 Å². The van der Waals surface area contributed by atoms with E-state index in [0.717, 1.165) is 11.7 Å². The van der Waals surface area contributed by atoms with Crippen LogP contribution in [0.2, 0.25) is 0 Å². The van der Waals surface area contributed by atoms with Gasteiger partial charge in [-0.3, -0.25) is 4.90 Å². The Hall–Kier alpha value is 0.0900. The first-order valence-electron chi connectivity index (χ1n) is 6.75. The summed E-state index contributed by atoms with van der Waals surface area (Å²) in [5, 5.41) is 1.15. The number of aliphatic imine (C=N–C) groups is 1. The molecule has 0 spiro atoms. The van der Waals surface area contributed by atoms with Gasteiger partial charge in [-0.05, 0) is 47.5 Å². The number of hydrogen-bond acceptors (Lipinski definition) is 6. The summed E-state index contributed by atoms with van der Waals surface area (Å²) < 4.78 is 0. The maximum absolute atomic E-state index is 4.81. The van der Waals surface area contributed by atoms with E-state index in [2.05, 4.69) is 35.7 Å². The molecule has 1 atom stereocenters. The summed E-state index contributed by atoms with van der Waals surface area (Å²) in [6.45, 7) is 8.23. The average molecular weight is 288 g/mol. The van der Waals surface area contributed by atoms with Crippen LogP contribution >= 0.6 is 21.6 Å². The summed E-state index contributed by atoms with van der Waals surface area (Å²) in [7, 11) is 7.84. The van der Waals surface area contributed by atoms with Crippen molar-refractivity contribution in [3.05, 3.63) is 0 Å². The van der Waals surface area contributed by atoms with Crippen LogP contribution in [-0.2, 0) is 0 Å². The molecule has 1 fully saturated rings. The van der Waals surface area contributed by atoms with Gasteiger partial charge in [0.25, 0.3) is 0 Å². The van der Waals surface area contributed by atoms with Gasteiger partial charge in [0.15, 0.2) is 10.7 Å². The molecule has 4 nitrogen and oxygen atoms in total. The van der Waals surface area contributed by atoms with Crippen molar-refractivity contribution in [2.75, 3.05) is 46.8 Å². The highest BCUT2D eigenvalue weighted by atomic mass is 33.1. The highest BCUT2D eigenvalue weighted by Gasteiger charge is 2.27. The number of amidine groups is 1. The molecule has 0 N–H and O–H groups in total. The van der Waals surface area contributed by atoms with Gasteiger partial charge in [-0.2, -0.15) is 0 Å². The van der Waals surface area contributed by atoms with Gasteiger partial charge in [0.1, 0.15) is 0 Å². The molecule has 6 heteroatoms. The lowest BCUT2D eigenvalue weighted by molar-refractivity contribution is 0.172. The minimum atomic E-state index is 0.323. The van der Waals surface area contributed by atoms with Crippen LogP contribution in [0.25, 0.3) is 0 Å². The quantitative estimate of drug-likeness (QED) is 0.723. The molecule has 2 rings (SSSR count). The monoisotopic (exact) mass is 288 g/mol. The lowest BCUT2D eigenvalue weighted by Gasteiger charge is -2.31. The minimum Gasteiger partial charge on any atom is -0.357 e. The average Bonchev–Trinajstić information content (AvgIpc) is 2.79. The topological polar surface area (TPSA) is 22.1 Å². The van der Waals surface area contributed by atoms with Gasteiger partial charge >= 0.3 is 0 Å². The Labute approximate surface area is 119 Å². The standard InChI is InChI=1S/C12H24N4S2/c1-4-15-7-5-6-8-16(10-9-15)12-13-11(14(2)3)17-18-12/h12H,4-10H2,1-3H3. The van der Waals surface area contributed by atoms with Crippen molar-refractivity contribution >= 4 is 26.8 Å². The highest BCUT2D eigenvalue weighted by molar-refractivity contribution is 8.82. The van der Waals surface area contributed by atoms with E-state index in [1.54, 1.807) is 0 Å². The molecule has 0 aromatic rings. The van der Waals surface area contributed by atoms with Gasteiger partial charge in [-0.15, -0.1) is 0 Å². The zero-order valence-electron chi connectivity index (χ0n) is 11.6. The van der Waals surface area contributed by atoms with Crippen molar-refractivity contribution in [3.8, 4) is 0 Å². The Morgan fingerprint density at radius 1 is 1.22 bits per heavy atom. The van der Waals surface area contributed by atoms with Crippen molar-refractivity contribution in [1.29, 1.82) is 0 Å². The van der Waals surface area contributed by atoms with Crippen LogP contribution < -0.4 is 0 Å². The molecule has 0 radical (unpaired) electrons. The van der Waals surface area contributed by atoms with Gasteiger partial charge in [0.2, 0.25) is 0 Å². The Balaban J connectivity index is 1.91. The van der Waals surface area contributed by atoms with Crippen molar-refractivity contribution < 1.29 is 0 Å². The van der Waals surface area contributed by atoms with Gasteiger partial charge in [-0.25, -0.2) is 4.99 Å². The van der Waals surface area contributed by atoms with Crippen LogP contribution in [0.5, 0.6) is 0 Å². The highest BCUT2D eigenvalue weighted by Crippen LogP contribution is 2.38. The molecule has 2 aliphatic heterocycles. The Morgan fingerprint density at radius 3 is 2.67 bits per heavy atom. The first-order chi connectivity index (χ1) is 8.70. The summed E-state index contributed by atoms with van der Waals surface area (Å²) in [6, 6.07) is 0. The summed E-state index contributed by atoms with van der Waals surface area (Å²) in [6.07, 6.45) is 2.62. The van der Waals surface area contributed by atoms with Crippen LogP contribution in [-0.4, -0.2) is 72.2 Å². The van der Waals surface area contributed by atoms with Crippen molar-refractivity contribution in [3.63, 3.8) is 0 Å². The second kappa shape index (κ2) is 7.03. The predicted molar refractivity (Wildman–Crippen MR) is 83.0 cm³/mol. The molecule has 1 unspecified atom stereocenters. The second-order valence-corrected chi connectivity index (χ2v) is 7.21. The van der Waals surface area contributed by atoms with Crippen molar-refractivity contribution in [2.45, 2.75) is 25.3 Å². The molecule has 2 heterocycles. The van der Waals surface area contributed by atoms with E-state index < -0.39 is 0 Å². The first kappa shape index (κ1) is 14.5. The number of rotatable bonds is 2. The van der Waals surface area contributed by atoms with Gasteiger partial charge in [-0.1, -0.05) is 6.92 Å². The number of nitrogens with zero attached hydrogens (tertiary/aromatic N) is 4. The first-order valence-corrected chi connectivity index (χ1v) is 8.97. The molecular weight excluding hydrogens is 264 g/mol. The molecule has 0 saturated carbocycles. The summed E-state index contributed by atoms with van der Waals surface area (Å²) in [5.41, 5.74) is 0.323. The van der Waals surface area contributed by atoms with E-state index in [4.69, 9.17) is 4.99 Å². The van der Waals surface area contributed by atoms with Crippen molar-refractivity contribution in [1.82, 2.24) is 14.7 Å². The molecular formula is C12H24N4S2. The molecule has 104 valence electrons. The van der Waals surface area contributed by atoms with Crippen LogP contribution in [0.15, 0.2) is 4.99 Å². The molecule has 0 bridgehead atoms. The SMILES string of the molecule is CCN1CCCCN(C2N=C(N(C)C)SS2)CC1. The number of hydrogen-bond donors (Lipinski definition) is 0. The number of likely N-dealkylation sites (N-methyl/N-ethyl adjacent to an activating group) is 1. The molecule has 0 amide bonds. The smallest absolute Gasteiger partial charge is 0.172 e. The summed E-state index contributed by atoms with van der Waals surface area (Å²) >= 11 is 0. The molecule has 0 aliphatic carbocycles. The lowest BCUT2D eigenvalue weighted by Crippen LogP contribution is -2.41. The molecule has 0 aromatic carbocycles. The fourth-order valence-corrected chi connectivity index (χ4v) is 4.83. The van der Waals surface area contributed by atoms with E-state index >= 15 is 0 Å². The Kier molecular flexibility index (Phi) is 5.66. The fourth-order valence-electron chi connectivity index (χ4n) is 2.24. The maximum Gasteiger partial charge on any atom is 0.172 e. The van der Waals surface area contributed by atoms with E-state index in [-0.39, 0.29) is 0 Å². The summed E-state index contributed by atoms with van der Waals surface area (Å²) in [5.74, 6) is 0. The van der Waals surface area contributed by atoms with Gasteiger partial charge in [0.05, 0.1) is 0 Å². The van der Waals surface area contributed by atoms with Crippen molar-refractivity contribution in [2.24, 2.45) is 4.99 Å². The largest absolute Gasteiger partial charge is 0.357 e. The van der Waals surface area contributed by atoms with E-state index in [0.29, 0.717) is 5.50 Å². The molecule has 2 aliphatic rings. The molecule has 1 saturated heterocycles. The fraction of sp³-hybridized carbons (Fsp3) is 0.917. The van der Waals surface area contributed by atoms with E-state index in [1.807, 2.05) is 21.6 Å². The van der Waals surface area contributed by atoms with Crippen LogP contribution in [0.3, 0.4) is 0 Å². The third-order valence-electron chi connectivity index (χ3n) is 3.44. The van der Waals surface area contributed by atoms with E-state index in [9.17, 15) is 0 Å². The Bertz CT molecular complexity index is 296. The summed E-state index contributed by atoms with van der Waals surface area (Å²) in [4.78, 5) is 12.0. The van der Waals surface area contributed by atoms with Crippen LogP contribution in [0.4, 0.5) is 0 Å². The molecule has 18 heavy (non-hydrogen) atoms. The Morgan fingerprint density at radius 2 is 2.00 bits per heavy atom. The van der Waals surface area contributed by atoms with E-state index in [1.165, 1.54) is 39.0 Å². The minimum absolute atomic E-state index is 0.323. The van der Waals surface area contributed by atoms with Gasteiger partial charge in [0, 0.05) is 33.7 Å². The zero-order chi connectivity index (χ0) is 13.0.